The number of hydrogen-bond donors (Lipinski definition) is 5. The van der Waals surface area contributed by atoms with Crippen LogP contribution >= 0.6 is 11.6 Å². The van der Waals surface area contributed by atoms with Crippen LogP contribution in [0.4, 0.5) is 0 Å². The average Bonchev–Trinajstić information content (AvgIpc) is 2.90. The molecule has 2 unspecified atom stereocenters. The molecular weight excluding hydrogens is 530 g/mol. The van der Waals surface area contributed by atoms with Crippen LogP contribution < -0.4 is 5.32 Å². The van der Waals surface area contributed by atoms with Crippen LogP contribution in [-0.4, -0.2) is 82.8 Å². The number of carboxylic acids is 1. The maximum absolute atomic E-state index is 13.0. The number of carbonyl (C=O) groups is 3. The number of carbonyl (C=O) groups excluding carboxylic acids is 2. The Kier molecular flexibility index (Phi) is 14.7. The fourth-order valence-electron chi connectivity index (χ4n) is 4.28. The van der Waals surface area contributed by atoms with Gasteiger partial charge in [-0.15, -0.1) is 0 Å². The Balaban J connectivity index is 3.01. The Morgan fingerprint density at radius 1 is 1.10 bits per heavy atom. The maximum atomic E-state index is 13.0. The number of aliphatic carboxylic acids is 1. The van der Waals surface area contributed by atoms with Crippen LogP contribution in [0.3, 0.4) is 0 Å². The summed E-state index contributed by atoms with van der Waals surface area (Å²) in [6.07, 6.45) is -1.18. The first-order valence-electron chi connectivity index (χ1n) is 12.9. The lowest BCUT2D eigenvalue weighted by molar-refractivity contribution is -0.149. The molecule has 5 N–H and O–H groups in total. The van der Waals surface area contributed by atoms with Crippen LogP contribution in [0.25, 0.3) is 0 Å². The van der Waals surface area contributed by atoms with Crippen LogP contribution in [0.15, 0.2) is 29.8 Å². The first-order valence-corrected chi connectivity index (χ1v) is 13.3. The number of rotatable bonds is 17. The van der Waals surface area contributed by atoms with Gasteiger partial charge in [-0.25, -0.2) is 4.79 Å². The van der Waals surface area contributed by atoms with Crippen LogP contribution in [0.1, 0.15) is 52.5 Å². The first kappa shape index (κ1) is 34.5. The summed E-state index contributed by atoms with van der Waals surface area (Å²) in [5.74, 6) is -3.48. The molecule has 0 heterocycles. The van der Waals surface area contributed by atoms with Crippen LogP contribution in [0.2, 0.25) is 5.02 Å². The number of Topliss-reactive ketones (excluding diaryl/α,β-unsaturated/α-hetero) is 1. The quantitative estimate of drug-likeness (QED) is 0.177. The third-order valence-corrected chi connectivity index (χ3v) is 7.13. The molecular formula is C28H42ClNO9. The van der Waals surface area contributed by atoms with E-state index in [9.17, 15) is 34.8 Å². The highest BCUT2D eigenvalue weighted by atomic mass is 35.5. The van der Waals surface area contributed by atoms with Crippen molar-refractivity contribution < 1.29 is 44.3 Å². The normalized spacial score (nSPS) is 17.4. The minimum absolute atomic E-state index is 0.0325. The third-order valence-electron chi connectivity index (χ3n) is 6.82. The lowest BCUT2D eigenvalue weighted by Crippen LogP contribution is -2.53. The van der Waals surface area contributed by atoms with E-state index in [4.69, 9.17) is 21.1 Å². The smallest absolute Gasteiger partial charge is 0.326 e. The molecule has 39 heavy (non-hydrogen) atoms. The van der Waals surface area contributed by atoms with Crippen molar-refractivity contribution in [2.75, 3.05) is 14.2 Å². The van der Waals surface area contributed by atoms with E-state index in [1.54, 1.807) is 6.92 Å². The Bertz CT molecular complexity index is 999. The number of nitrogens with one attached hydrogen (secondary N) is 1. The summed E-state index contributed by atoms with van der Waals surface area (Å²) in [7, 11) is 2.46. The maximum Gasteiger partial charge on any atom is 0.326 e. The van der Waals surface area contributed by atoms with Gasteiger partial charge in [0.2, 0.25) is 0 Å². The molecule has 0 bridgehead atoms. The molecule has 0 aliphatic heterocycles. The fourth-order valence-corrected chi connectivity index (χ4v) is 4.48. The number of amides is 1. The molecule has 0 saturated carbocycles. The molecule has 0 aliphatic rings. The van der Waals surface area contributed by atoms with E-state index in [1.165, 1.54) is 45.4 Å². The van der Waals surface area contributed by atoms with Gasteiger partial charge in [0.15, 0.2) is 11.9 Å². The summed E-state index contributed by atoms with van der Waals surface area (Å²) in [5.41, 5.74) is 0.685. The zero-order chi connectivity index (χ0) is 29.9. The number of ketones is 1. The zero-order valence-electron chi connectivity index (χ0n) is 23.4. The van der Waals surface area contributed by atoms with E-state index in [0.29, 0.717) is 5.56 Å². The van der Waals surface area contributed by atoms with Gasteiger partial charge in [-0.05, 0) is 48.6 Å². The van der Waals surface area contributed by atoms with Crippen molar-refractivity contribution in [3.05, 3.63) is 40.4 Å². The molecule has 10 nitrogen and oxygen atoms in total. The molecule has 0 aromatic heterocycles. The number of benzene rings is 1. The highest BCUT2D eigenvalue weighted by Gasteiger charge is 2.35. The molecule has 1 aromatic carbocycles. The van der Waals surface area contributed by atoms with Gasteiger partial charge in [0.1, 0.15) is 24.0 Å². The number of methoxy groups -OCH3 is 2. The van der Waals surface area contributed by atoms with Crippen molar-refractivity contribution in [3.63, 3.8) is 0 Å². The van der Waals surface area contributed by atoms with Crippen LogP contribution in [-0.2, 0) is 30.3 Å². The lowest BCUT2D eigenvalue weighted by Gasteiger charge is -2.28. The van der Waals surface area contributed by atoms with Crippen LogP contribution in [0.5, 0.6) is 5.75 Å². The summed E-state index contributed by atoms with van der Waals surface area (Å²) < 4.78 is 10.5. The van der Waals surface area contributed by atoms with E-state index in [0.717, 1.165) is 19.3 Å². The molecule has 0 spiro atoms. The molecule has 1 rings (SSSR count). The van der Waals surface area contributed by atoms with Crippen LogP contribution in [0, 0.1) is 11.8 Å². The zero-order valence-corrected chi connectivity index (χ0v) is 24.1. The van der Waals surface area contributed by atoms with E-state index in [2.05, 4.69) is 12.2 Å². The molecule has 7 atom stereocenters. The highest BCUT2D eigenvalue weighted by Crippen LogP contribution is 2.25. The summed E-state index contributed by atoms with van der Waals surface area (Å²) in [4.78, 5) is 37.7. The number of allylic oxidation sites excluding steroid dienone is 1. The van der Waals surface area contributed by atoms with Crippen molar-refractivity contribution in [2.45, 2.75) is 83.8 Å². The van der Waals surface area contributed by atoms with Crippen molar-refractivity contribution >= 4 is 29.3 Å². The van der Waals surface area contributed by atoms with Gasteiger partial charge in [0.25, 0.3) is 5.91 Å². The van der Waals surface area contributed by atoms with Gasteiger partial charge < -0.3 is 35.2 Å². The largest absolute Gasteiger partial charge is 0.506 e. The van der Waals surface area contributed by atoms with Gasteiger partial charge in [-0.1, -0.05) is 51.3 Å². The second kappa shape index (κ2) is 16.6. The average molecular weight is 572 g/mol. The van der Waals surface area contributed by atoms with Gasteiger partial charge in [-0.3, -0.25) is 9.59 Å². The molecule has 1 amide bonds. The number of unbranched alkanes of at least 4 members (excludes halogenated alkanes) is 1. The van der Waals surface area contributed by atoms with E-state index >= 15 is 0 Å². The number of phenolic OH excluding ortho intramolecular Hbond substituents is 1. The number of aliphatic hydroxyl groups excluding tert-OH is 2. The predicted molar refractivity (Wildman–Crippen MR) is 147 cm³/mol. The number of hydrogen-bond acceptors (Lipinski definition) is 8. The first-order chi connectivity index (χ1) is 18.3. The standard InChI is InChI=1S/C28H42ClNO9/c1-7-8-9-15(2)23(32)17(4)24(33)16(3)12-22(38-5)25(34)26(39-6)27(35)30-20(28(36)37)14-18-10-11-21(31)19(29)13-18/h10-13,15,17,20,22-23,25-26,31-32,34H,7-9,14H2,1-6H3,(H,30,35)(H,36,37)/b16-12+/t15-,17+,20-,22?,23+,25-,26?/m1/s1. The molecule has 0 radical (unpaired) electrons. The second-order valence-electron chi connectivity index (χ2n) is 9.85. The van der Waals surface area contributed by atoms with Crippen molar-refractivity contribution in [1.29, 1.82) is 0 Å². The number of aliphatic hydroxyl groups is 2. The minimum atomic E-state index is -1.59. The summed E-state index contributed by atoms with van der Waals surface area (Å²) in [6, 6.07) is 2.78. The molecule has 1 aromatic rings. The van der Waals surface area contributed by atoms with Gasteiger partial charge >= 0.3 is 5.97 Å². The summed E-state index contributed by atoms with van der Waals surface area (Å²) in [6.45, 7) is 7.13. The Hall–Kier alpha value is -2.50. The third kappa shape index (κ3) is 10.2. The Morgan fingerprint density at radius 2 is 1.74 bits per heavy atom. The molecule has 11 heteroatoms. The fraction of sp³-hybridized carbons (Fsp3) is 0.607. The minimum Gasteiger partial charge on any atom is -0.506 e. The molecule has 0 aliphatic carbocycles. The van der Waals surface area contributed by atoms with E-state index in [-0.39, 0.29) is 34.5 Å². The number of carboxylic acid groups (broad SMARTS) is 1. The Morgan fingerprint density at radius 3 is 2.26 bits per heavy atom. The molecule has 220 valence electrons. The van der Waals surface area contributed by atoms with Crippen molar-refractivity contribution in [3.8, 4) is 5.75 Å². The van der Waals surface area contributed by atoms with Crippen molar-refractivity contribution in [1.82, 2.24) is 5.32 Å². The number of aromatic hydroxyl groups is 1. The SMILES string of the molecule is CCCC[C@@H](C)[C@H](O)[C@H](C)C(=O)/C(C)=C/C(OC)[C@@H](O)C(OC)C(=O)N[C@H](Cc1ccc(O)c(Cl)c1)C(=O)O. The monoisotopic (exact) mass is 571 g/mol. The predicted octanol–water partition coefficient (Wildman–Crippen LogP) is 2.89. The highest BCUT2D eigenvalue weighted by molar-refractivity contribution is 6.32. The van der Waals surface area contributed by atoms with Gasteiger partial charge in [0.05, 0.1) is 11.1 Å². The second-order valence-corrected chi connectivity index (χ2v) is 10.3. The topological polar surface area (TPSA) is 163 Å². The number of phenols is 1. The van der Waals surface area contributed by atoms with E-state index < -0.39 is 48.3 Å². The van der Waals surface area contributed by atoms with Crippen molar-refractivity contribution in [2.24, 2.45) is 11.8 Å². The number of ether oxygens (including phenoxy) is 2. The van der Waals surface area contributed by atoms with Gasteiger partial charge in [-0.2, -0.15) is 0 Å². The molecule has 0 saturated heterocycles. The molecule has 0 fully saturated rings. The van der Waals surface area contributed by atoms with E-state index in [1.807, 2.05) is 6.92 Å². The summed E-state index contributed by atoms with van der Waals surface area (Å²) in [5, 5.41) is 43.1. The Labute approximate surface area is 235 Å². The summed E-state index contributed by atoms with van der Waals surface area (Å²) >= 11 is 5.89. The lowest BCUT2D eigenvalue weighted by atomic mass is 9.85. The van der Waals surface area contributed by atoms with Gasteiger partial charge in [0, 0.05) is 26.6 Å². The number of halogens is 1.